The molecule has 7 nitrogen and oxygen atoms in total. The van der Waals surface area contributed by atoms with Crippen LogP contribution in [0.25, 0.3) is 22.2 Å². The number of nitrogens with zero attached hydrogens (tertiary/aromatic N) is 4. The number of nitrogens with one attached hydrogen (secondary N) is 1. The molecule has 0 aliphatic carbocycles. The van der Waals surface area contributed by atoms with Gasteiger partial charge in [0.2, 0.25) is 5.95 Å². The van der Waals surface area contributed by atoms with Gasteiger partial charge in [-0.3, -0.25) is 9.78 Å². The number of pyridine rings is 1. The molecular weight excluding hydrogens is 428 g/mol. The predicted octanol–water partition coefficient (Wildman–Crippen LogP) is 2.95. The summed E-state index contributed by atoms with van der Waals surface area (Å²) >= 11 is 0. The number of halogens is 2. The van der Waals surface area contributed by atoms with Crippen molar-refractivity contribution in [1.82, 2.24) is 20.3 Å². The summed E-state index contributed by atoms with van der Waals surface area (Å²) in [4.78, 5) is 27.4. The molecule has 2 aromatic heterocycles. The summed E-state index contributed by atoms with van der Waals surface area (Å²) in [5.41, 5.74) is 1.94. The van der Waals surface area contributed by atoms with Crippen molar-refractivity contribution in [3.05, 3.63) is 84.2 Å². The maximum atomic E-state index is 13.5. The van der Waals surface area contributed by atoms with Crippen LogP contribution < -0.4 is 10.2 Å². The maximum absolute atomic E-state index is 13.5. The normalized spacial score (nSPS) is 18.0. The second-order valence-electron chi connectivity index (χ2n) is 7.87. The number of aliphatic hydroxyl groups excluding tert-OH is 1. The zero-order valence-electron chi connectivity index (χ0n) is 17.3. The van der Waals surface area contributed by atoms with E-state index in [-0.39, 0.29) is 18.3 Å². The first-order chi connectivity index (χ1) is 16.0. The molecule has 2 aromatic carbocycles. The minimum atomic E-state index is -0.833. The average Bonchev–Trinajstić information content (AvgIpc) is 3.18. The molecular formula is C24H19F2N5O2. The first-order valence-corrected chi connectivity index (χ1v) is 10.3. The van der Waals surface area contributed by atoms with E-state index in [1.165, 1.54) is 30.5 Å². The number of fused-ring (bicyclic) bond motifs is 1. The number of amides is 1. The zero-order valence-corrected chi connectivity index (χ0v) is 17.3. The number of carbonyl (C=O) groups is 1. The highest BCUT2D eigenvalue weighted by molar-refractivity contribution is 5.94. The van der Waals surface area contributed by atoms with Crippen molar-refractivity contribution in [3.8, 4) is 11.3 Å². The second-order valence-corrected chi connectivity index (χ2v) is 7.87. The van der Waals surface area contributed by atoms with Gasteiger partial charge in [0.1, 0.15) is 11.6 Å². The smallest absolute Gasteiger partial charge is 0.253 e. The van der Waals surface area contributed by atoms with Gasteiger partial charge in [0, 0.05) is 42.5 Å². The summed E-state index contributed by atoms with van der Waals surface area (Å²) in [6.45, 7) is 0.519. The highest BCUT2D eigenvalue weighted by Gasteiger charge is 2.34. The van der Waals surface area contributed by atoms with Crippen LogP contribution in [0.4, 0.5) is 14.7 Å². The van der Waals surface area contributed by atoms with E-state index in [1.54, 1.807) is 41.4 Å². The number of aromatic nitrogens is 3. The van der Waals surface area contributed by atoms with Gasteiger partial charge in [0.15, 0.2) is 0 Å². The van der Waals surface area contributed by atoms with E-state index in [1.807, 2.05) is 0 Å². The van der Waals surface area contributed by atoms with Gasteiger partial charge in [-0.2, -0.15) is 0 Å². The Morgan fingerprint density at radius 2 is 1.85 bits per heavy atom. The minimum Gasteiger partial charge on any atom is -0.389 e. The third-order valence-corrected chi connectivity index (χ3v) is 5.57. The van der Waals surface area contributed by atoms with Crippen molar-refractivity contribution in [1.29, 1.82) is 0 Å². The lowest BCUT2D eigenvalue weighted by Crippen LogP contribution is -2.42. The van der Waals surface area contributed by atoms with Gasteiger partial charge in [0.25, 0.3) is 5.91 Å². The lowest BCUT2D eigenvalue weighted by molar-refractivity contribution is 0.0888. The summed E-state index contributed by atoms with van der Waals surface area (Å²) in [6, 6.07) is 13.0. The fourth-order valence-corrected chi connectivity index (χ4v) is 3.83. The fraction of sp³-hybridized carbons (Fsp3) is 0.167. The molecule has 5 rings (SSSR count). The van der Waals surface area contributed by atoms with Crippen molar-refractivity contribution in [3.63, 3.8) is 0 Å². The van der Waals surface area contributed by atoms with Gasteiger partial charge in [-0.25, -0.2) is 18.7 Å². The van der Waals surface area contributed by atoms with Crippen LogP contribution in [0.5, 0.6) is 0 Å². The highest BCUT2D eigenvalue weighted by Crippen LogP contribution is 2.21. The van der Waals surface area contributed by atoms with Crippen LogP contribution in [-0.2, 0) is 0 Å². The Labute approximate surface area is 187 Å². The summed E-state index contributed by atoms with van der Waals surface area (Å²) in [6.07, 6.45) is 2.18. The van der Waals surface area contributed by atoms with Crippen molar-refractivity contribution in [2.24, 2.45) is 0 Å². The third kappa shape index (κ3) is 4.35. The van der Waals surface area contributed by atoms with Crippen molar-refractivity contribution in [2.45, 2.75) is 12.1 Å². The summed E-state index contributed by atoms with van der Waals surface area (Å²) in [5, 5.41) is 14.0. The predicted molar refractivity (Wildman–Crippen MR) is 119 cm³/mol. The molecule has 166 valence electrons. The van der Waals surface area contributed by atoms with E-state index in [2.05, 4.69) is 20.3 Å². The first kappa shape index (κ1) is 20.9. The summed E-state index contributed by atoms with van der Waals surface area (Å²) < 4.78 is 27.0. The zero-order chi connectivity index (χ0) is 22.9. The third-order valence-electron chi connectivity index (χ3n) is 5.57. The van der Waals surface area contributed by atoms with E-state index in [4.69, 9.17) is 0 Å². The van der Waals surface area contributed by atoms with Crippen LogP contribution >= 0.6 is 0 Å². The molecule has 1 aliphatic heterocycles. The lowest BCUT2D eigenvalue weighted by atomic mass is 10.1. The van der Waals surface area contributed by atoms with Crippen LogP contribution in [0, 0.1) is 11.6 Å². The van der Waals surface area contributed by atoms with Crippen LogP contribution in [0.3, 0.4) is 0 Å². The van der Waals surface area contributed by atoms with Crippen molar-refractivity contribution < 1.29 is 18.7 Å². The molecule has 0 unspecified atom stereocenters. The number of hydrogen-bond acceptors (Lipinski definition) is 6. The molecule has 1 aliphatic rings. The van der Waals surface area contributed by atoms with Crippen LogP contribution in [-0.4, -0.2) is 51.2 Å². The summed E-state index contributed by atoms with van der Waals surface area (Å²) in [7, 11) is 0. The van der Waals surface area contributed by atoms with E-state index >= 15 is 0 Å². The summed E-state index contributed by atoms with van der Waals surface area (Å²) in [5.74, 6) is -0.794. The van der Waals surface area contributed by atoms with E-state index in [0.717, 1.165) is 0 Å². The number of β-amino-alcohol motifs (C(OH)–C–C–N with tert-alkyl or cyclic N) is 1. The number of rotatable bonds is 4. The molecule has 9 heteroatoms. The Hall–Kier alpha value is -3.98. The Morgan fingerprint density at radius 3 is 2.64 bits per heavy atom. The van der Waals surface area contributed by atoms with Gasteiger partial charge in [-0.15, -0.1) is 0 Å². The molecule has 0 radical (unpaired) electrons. The number of hydrogen-bond donors (Lipinski definition) is 2. The fourth-order valence-electron chi connectivity index (χ4n) is 3.83. The van der Waals surface area contributed by atoms with E-state index in [9.17, 15) is 18.7 Å². The molecule has 3 heterocycles. The molecule has 1 amide bonds. The molecule has 0 saturated carbocycles. The monoisotopic (exact) mass is 447 g/mol. The molecule has 2 N–H and O–H groups in total. The van der Waals surface area contributed by atoms with E-state index < -0.39 is 18.0 Å². The van der Waals surface area contributed by atoms with E-state index in [0.29, 0.717) is 40.2 Å². The molecule has 0 spiro atoms. The van der Waals surface area contributed by atoms with Crippen LogP contribution in [0.15, 0.2) is 67.0 Å². The van der Waals surface area contributed by atoms with Gasteiger partial charge >= 0.3 is 0 Å². The number of carbonyl (C=O) groups excluding carboxylic acids is 1. The maximum Gasteiger partial charge on any atom is 0.253 e. The topological polar surface area (TPSA) is 91.2 Å². The highest BCUT2D eigenvalue weighted by atomic mass is 19.1. The van der Waals surface area contributed by atoms with Crippen LogP contribution in [0.2, 0.25) is 0 Å². The lowest BCUT2D eigenvalue weighted by Gasteiger charge is -2.17. The van der Waals surface area contributed by atoms with Crippen LogP contribution in [0.1, 0.15) is 10.4 Å². The Morgan fingerprint density at radius 1 is 1.00 bits per heavy atom. The molecule has 1 saturated heterocycles. The number of aliphatic hydroxyl groups is 1. The number of benzene rings is 2. The molecule has 4 aromatic rings. The Kier molecular flexibility index (Phi) is 5.39. The molecule has 2 atom stereocenters. The number of anilines is 1. The average molecular weight is 447 g/mol. The quantitative estimate of drug-likeness (QED) is 0.500. The van der Waals surface area contributed by atoms with Crippen molar-refractivity contribution in [2.75, 3.05) is 18.0 Å². The van der Waals surface area contributed by atoms with Gasteiger partial charge in [0.05, 0.1) is 28.9 Å². The molecule has 1 fully saturated rings. The van der Waals surface area contributed by atoms with Crippen molar-refractivity contribution >= 4 is 22.8 Å². The van der Waals surface area contributed by atoms with Gasteiger partial charge < -0.3 is 15.3 Å². The van der Waals surface area contributed by atoms with Gasteiger partial charge in [-0.05, 0) is 36.4 Å². The molecule has 0 bridgehead atoms. The largest absolute Gasteiger partial charge is 0.389 e. The SMILES string of the molecule is O=C(N[C@H]1CN(c2ncc3ccc(F)cc3n2)C[C@@H]1O)c1ccc(-c2cccc(F)c2)nc1. The minimum absolute atomic E-state index is 0.225. The second kappa shape index (κ2) is 8.51. The first-order valence-electron chi connectivity index (χ1n) is 10.3. The molecule has 33 heavy (non-hydrogen) atoms. The Balaban J connectivity index is 1.27. The Bertz CT molecular complexity index is 1330. The standard InChI is InChI=1S/C24H19F2N5O2/c25-17-3-1-2-14(8-17)19-7-5-16(11-27-19)23(33)29-21-12-31(13-22(21)32)24-28-10-15-4-6-18(26)9-20(15)30-24/h1-11,21-22,32H,12-13H2,(H,29,33)/t21-,22-/m0/s1. The van der Waals surface area contributed by atoms with Gasteiger partial charge in [-0.1, -0.05) is 12.1 Å².